The van der Waals surface area contributed by atoms with Crippen LogP contribution in [-0.4, -0.2) is 56.6 Å². The number of carbonyl (C=O) groups is 3. The summed E-state index contributed by atoms with van der Waals surface area (Å²) < 4.78 is 5.11. The van der Waals surface area contributed by atoms with Gasteiger partial charge in [-0.2, -0.15) is 0 Å². The van der Waals surface area contributed by atoms with Crippen molar-refractivity contribution in [1.82, 2.24) is 4.90 Å². The van der Waals surface area contributed by atoms with Crippen molar-refractivity contribution in [3.63, 3.8) is 0 Å². The standard InChI is InChI=1S/C15H13N3O7S/c16-10-12(19)17-11(14(20)21)8(6-26-13(10)17)5-25-15(22)7-1-3-9(4-2-7)18(23)24/h1-4,10,13H,5-6,16H2,(H,20,21)/t10?,13-/m1/s1. The number of carboxylic acid groups (broad SMARTS) is 1. The molecule has 2 atom stereocenters. The molecule has 0 saturated carbocycles. The first-order chi connectivity index (χ1) is 12.3. The number of carbonyl (C=O) groups excluding carboxylic acids is 2. The molecule has 0 aliphatic carbocycles. The molecule has 2 aliphatic rings. The first kappa shape index (κ1) is 17.9. The lowest BCUT2D eigenvalue weighted by atomic mass is 10.0. The zero-order chi connectivity index (χ0) is 19.0. The first-order valence-electron chi connectivity index (χ1n) is 7.38. The minimum absolute atomic E-state index is 0.0939. The number of rotatable bonds is 5. The maximum absolute atomic E-state index is 12.1. The lowest BCUT2D eigenvalue weighted by Gasteiger charge is -2.47. The molecule has 1 aromatic rings. The number of hydrogen-bond acceptors (Lipinski definition) is 8. The molecule has 11 heteroatoms. The highest BCUT2D eigenvalue weighted by Gasteiger charge is 2.51. The van der Waals surface area contributed by atoms with Gasteiger partial charge in [0.05, 0.1) is 10.5 Å². The molecular formula is C15H13N3O7S. The van der Waals surface area contributed by atoms with Gasteiger partial charge < -0.3 is 15.6 Å². The number of nitro benzene ring substituents is 1. The third kappa shape index (κ3) is 3.02. The van der Waals surface area contributed by atoms with Gasteiger partial charge in [-0.3, -0.25) is 19.8 Å². The van der Waals surface area contributed by atoms with Crippen LogP contribution in [0.25, 0.3) is 0 Å². The van der Waals surface area contributed by atoms with Crippen LogP contribution in [0.2, 0.25) is 0 Å². The Labute approximate surface area is 150 Å². The number of hydrogen-bond donors (Lipinski definition) is 2. The van der Waals surface area contributed by atoms with Crippen molar-refractivity contribution < 1.29 is 29.2 Å². The molecule has 1 unspecified atom stereocenters. The fourth-order valence-electron chi connectivity index (χ4n) is 2.65. The van der Waals surface area contributed by atoms with Crippen LogP contribution in [0.1, 0.15) is 10.4 Å². The van der Waals surface area contributed by atoms with E-state index in [1.165, 1.54) is 36.0 Å². The number of ether oxygens (including phenoxy) is 1. The number of non-ortho nitro benzene ring substituents is 1. The van der Waals surface area contributed by atoms with Gasteiger partial charge in [0.2, 0.25) is 5.91 Å². The topological polar surface area (TPSA) is 153 Å². The number of amides is 1. The van der Waals surface area contributed by atoms with E-state index in [4.69, 9.17) is 10.5 Å². The molecule has 1 saturated heterocycles. The van der Waals surface area contributed by atoms with Crippen LogP contribution in [0.4, 0.5) is 5.69 Å². The monoisotopic (exact) mass is 379 g/mol. The van der Waals surface area contributed by atoms with Crippen molar-refractivity contribution in [3.8, 4) is 0 Å². The van der Waals surface area contributed by atoms with E-state index >= 15 is 0 Å². The molecule has 0 radical (unpaired) electrons. The predicted molar refractivity (Wildman–Crippen MR) is 89.1 cm³/mol. The molecule has 3 N–H and O–H groups in total. The summed E-state index contributed by atoms with van der Waals surface area (Å²) in [6.07, 6.45) is 0. The highest BCUT2D eigenvalue weighted by atomic mass is 32.2. The number of fused-ring (bicyclic) bond motifs is 1. The van der Waals surface area contributed by atoms with E-state index in [2.05, 4.69) is 0 Å². The molecule has 3 rings (SSSR count). The Bertz CT molecular complexity index is 836. The molecule has 10 nitrogen and oxygen atoms in total. The molecule has 0 spiro atoms. The van der Waals surface area contributed by atoms with Crippen molar-refractivity contribution >= 4 is 35.3 Å². The minimum atomic E-state index is -1.29. The predicted octanol–water partition coefficient (Wildman–Crippen LogP) is 0.333. The van der Waals surface area contributed by atoms with E-state index in [0.717, 1.165) is 4.90 Å². The summed E-state index contributed by atoms with van der Waals surface area (Å²) in [6, 6.07) is 4.09. The van der Waals surface area contributed by atoms with Gasteiger partial charge in [0.15, 0.2) is 0 Å². The van der Waals surface area contributed by atoms with Crippen LogP contribution >= 0.6 is 11.8 Å². The summed E-state index contributed by atoms with van der Waals surface area (Å²) in [5.41, 5.74) is 5.66. The van der Waals surface area contributed by atoms with Crippen LogP contribution in [-0.2, 0) is 14.3 Å². The number of nitrogens with zero attached hydrogens (tertiary/aromatic N) is 2. The number of benzene rings is 1. The van der Waals surface area contributed by atoms with Crippen LogP contribution in [0.15, 0.2) is 35.5 Å². The highest BCUT2D eigenvalue weighted by Crippen LogP contribution is 2.39. The summed E-state index contributed by atoms with van der Waals surface area (Å²) >= 11 is 1.30. The molecule has 0 bridgehead atoms. The van der Waals surface area contributed by atoms with Crippen molar-refractivity contribution in [2.75, 3.05) is 12.4 Å². The lowest BCUT2D eigenvalue weighted by molar-refractivity contribution is -0.384. The third-order valence-electron chi connectivity index (χ3n) is 3.98. The Morgan fingerprint density at radius 2 is 2.04 bits per heavy atom. The van der Waals surface area contributed by atoms with E-state index in [1.807, 2.05) is 0 Å². The molecule has 1 fully saturated rings. The highest BCUT2D eigenvalue weighted by molar-refractivity contribution is 8.00. The van der Waals surface area contributed by atoms with Gasteiger partial charge in [0, 0.05) is 23.5 Å². The molecule has 1 aromatic carbocycles. The van der Waals surface area contributed by atoms with Crippen molar-refractivity contribution in [2.45, 2.75) is 11.4 Å². The van der Waals surface area contributed by atoms with E-state index in [9.17, 15) is 29.6 Å². The zero-order valence-corrected chi connectivity index (χ0v) is 14.0. The fraction of sp³-hybridized carbons (Fsp3) is 0.267. The summed E-state index contributed by atoms with van der Waals surface area (Å²) in [7, 11) is 0. The maximum Gasteiger partial charge on any atom is 0.352 e. The normalized spacial score (nSPS) is 21.7. The Morgan fingerprint density at radius 3 is 2.62 bits per heavy atom. The third-order valence-corrected chi connectivity index (χ3v) is 5.34. The Kier molecular flexibility index (Phi) is 4.66. The van der Waals surface area contributed by atoms with Crippen LogP contribution in [0.3, 0.4) is 0 Å². The number of nitrogens with two attached hydrogens (primary N) is 1. The van der Waals surface area contributed by atoms with E-state index < -0.39 is 34.2 Å². The van der Waals surface area contributed by atoms with Gasteiger partial charge >= 0.3 is 11.9 Å². The second-order valence-electron chi connectivity index (χ2n) is 5.57. The van der Waals surface area contributed by atoms with Gasteiger partial charge in [0.1, 0.15) is 23.7 Å². The molecular weight excluding hydrogens is 366 g/mol. The smallest absolute Gasteiger partial charge is 0.352 e. The minimum Gasteiger partial charge on any atom is -0.477 e. The second-order valence-corrected chi connectivity index (χ2v) is 6.68. The number of β-lactam (4-membered cyclic amide) rings is 1. The van der Waals surface area contributed by atoms with Gasteiger partial charge in [-0.05, 0) is 12.1 Å². The van der Waals surface area contributed by atoms with Crippen molar-refractivity contribution in [3.05, 3.63) is 51.2 Å². The number of carboxylic acids is 1. The summed E-state index contributed by atoms with van der Waals surface area (Å²) in [4.78, 5) is 46.5. The molecule has 2 aliphatic heterocycles. The maximum atomic E-state index is 12.1. The van der Waals surface area contributed by atoms with Gasteiger partial charge in [0.25, 0.3) is 5.69 Å². The van der Waals surface area contributed by atoms with E-state index in [0.29, 0.717) is 0 Å². The molecule has 1 amide bonds. The largest absolute Gasteiger partial charge is 0.477 e. The number of nitro groups is 1. The van der Waals surface area contributed by atoms with E-state index in [-0.39, 0.29) is 34.9 Å². The fourth-order valence-corrected chi connectivity index (χ4v) is 3.92. The summed E-state index contributed by atoms with van der Waals surface area (Å²) in [5, 5.41) is 19.6. The van der Waals surface area contributed by atoms with E-state index in [1.54, 1.807) is 0 Å². The number of esters is 1. The SMILES string of the molecule is NC1C(=O)N2C(C(=O)O)=C(COC(=O)c3ccc([N+](=O)[O-])cc3)CS[C@H]12. The second kappa shape index (κ2) is 6.77. The van der Waals surface area contributed by atoms with Crippen LogP contribution < -0.4 is 5.73 Å². The Hall–Kier alpha value is -2.92. The van der Waals surface area contributed by atoms with Gasteiger partial charge in [-0.15, -0.1) is 11.8 Å². The van der Waals surface area contributed by atoms with Crippen LogP contribution in [0, 0.1) is 10.1 Å². The molecule has 136 valence electrons. The van der Waals surface area contributed by atoms with Gasteiger partial charge in [-0.1, -0.05) is 0 Å². The Balaban J connectivity index is 1.73. The average molecular weight is 379 g/mol. The van der Waals surface area contributed by atoms with Crippen LogP contribution in [0.5, 0.6) is 0 Å². The average Bonchev–Trinajstić information content (AvgIpc) is 2.64. The van der Waals surface area contributed by atoms with Crippen molar-refractivity contribution in [2.24, 2.45) is 5.73 Å². The van der Waals surface area contributed by atoms with Crippen molar-refractivity contribution in [1.29, 1.82) is 0 Å². The van der Waals surface area contributed by atoms with Gasteiger partial charge in [-0.25, -0.2) is 9.59 Å². The molecule has 2 heterocycles. The summed E-state index contributed by atoms with van der Waals surface area (Å²) in [5.74, 6) is -2.27. The quantitative estimate of drug-likeness (QED) is 0.319. The summed E-state index contributed by atoms with van der Waals surface area (Å²) in [6.45, 7) is -0.309. The zero-order valence-electron chi connectivity index (χ0n) is 13.2. The number of aliphatic carboxylic acids is 1. The molecule has 0 aromatic heterocycles. The lowest BCUT2D eigenvalue weighted by Crippen LogP contribution is -2.68. The Morgan fingerprint density at radius 1 is 1.38 bits per heavy atom. The molecule has 26 heavy (non-hydrogen) atoms. The first-order valence-corrected chi connectivity index (χ1v) is 8.43. The number of thioether (sulfide) groups is 1.